The number of aliphatic carboxylic acids is 1. The van der Waals surface area contributed by atoms with Crippen molar-refractivity contribution in [2.24, 2.45) is 0 Å². The van der Waals surface area contributed by atoms with Crippen LogP contribution < -0.4 is 5.11 Å². The van der Waals surface area contributed by atoms with Crippen molar-refractivity contribution in [1.29, 1.82) is 0 Å². The molecule has 0 spiro atoms. The number of likely N-dealkylation sites (N-methyl/N-ethyl adjacent to an activating group) is 1. The number of carbonyl (C=O) groups excluding carboxylic acids is 3. The second-order valence-electron chi connectivity index (χ2n) is 21.2. The minimum Gasteiger partial charge on any atom is -0.545 e. The normalized spacial score (nSPS) is 13.6. The summed E-state index contributed by atoms with van der Waals surface area (Å²) in [5.41, 5.74) is 0. The van der Waals surface area contributed by atoms with Crippen LogP contribution in [0, 0.1) is 0 Å². The number of esters is 2. The number of nitrogens with zero attached hydrogens (tertiary/aromatic N) is 1. The van der Waals surface area contributed by atoms with Gasteiger partial charge >= 0.3 is 11.9 Å². The Morgan fingerprint density at radius 2 is 0.701 bits per heavy atom. The van der Waals surface area contributed by atoms with Crippen LogP contribution in [0.2, 0.25) is 0 Å². The molecule has 0 aromatic carbocycles. The number of allylic oxidation sites excluding steroid dienone is 20. The molecule has 9 heteroatoms. The number of hydrogen-bond acceptors (Lipinski definition) is 8. The molecule has 0 radical (unpaired) electrons. The van der Waals surface area contributed by atoms with Gasteiger partial charge in [-0.15, -0.1) is 0 Å². The minimum atomic E-state index is -1.63. The summed E-state index contributed by atoms with van der Waals surface area (Å²) in [6, 6.07) is 0. The van der Waals surface area contributed by atoms with Gasteiger partial charge in [-0.2, -0.15) is 0 Å². The van der Waals surface area contributed by atoms with Crippen molar-refractivity contribution >= 4 is 17.9 Å². The van der Waals surface area contributed by atoms with Crippen LogP contribution in [0.15, 0.2) is 122 Å². The fraction of sp³-hybridized carbons (Fsp3) is 0.662. The summed E-state index contributed by atoms with van der Waals surface area (Å²) in [4.78, 5) is 37.4. The number of carboxylic acids is 1. The Bertz CT molecular complexity index is 1670. The lowest BCUT2D eigenvalue weighted by Gasteiger charge is -2.26. The van der Waals surface area contributed by atoms with E-state index in [1.54, 1.807) is 0 Å². The molecule has 0 aliphatic carbocycles. The van der Waals surface area contributed by atoms with Gasteiger partial charge in [0.25, 0.3) is 0 Å². The number of hydrogen-bond donors (Lipinski definition) is 0. The maximum absolute atomic E-state index is 12.9. The van der Waals surface area contributed by atoms with E-state index in [4.69, 9.17) is 18.9 Å². The molecule has 0 rings (SSSR count). The van der Waals surface area contributed by atoms with Crippen molar-refractivity contribution in [3.05, 3.63) is 122 Å². The predicted molar refractivity (Wildman–Crippen MR) is 324 cm³/mol. The third-order valence-corrected chi connectivity index (χ3v) is 12.7. The number of ether oxygens (including phenoxy) is 4. The summed E-state index contributed by atoms with van der Waals surface area (Å²) in [7, 11) is 5.91. The van der Waals surface area contributed by atoms with E-state index in [0.717, 1.165) is 122 Å². The maximum Gasteiger partial charge on any atom is 0.306 e. The second-order valence-corrected chi connectivity index (χ2v) is 21.2. The Morgan fingerprint density at radius 1 is 0.390 bits per heavy atom. The fourth-order valence-corrected chi connectivity index (χ4v) is 8.06. The highest BCUT2D eigenvalue weighted by Crippen LogP contribution is 2.16. The van der Waals surface area contributed by atoms with Crippen molar-refractivity contribution in [3.63, 3.8) is 0 Å². The standard InChI is InChI=1S/C68H113NO8/c1-6-8-10-12-14-16-18-20-22-24-26-28-30-32-33-35-36-38-40-42-44-46-48-50-52-54-56-58-65(70)75-62-64(63-76-68(67(72)73)74-61-60-69(3,4)5)77-66(71)59-57-55-53-51-49-47-45-43-41-39-37-34-31-29-27-25-23-21-19-17-15-13-11-9-7-2/h8-11,14-17,20-23,26-29,34,37,41,43,64,68H,6-7,12-13,18-19,24-25,30-33,35-36,38-40,42,44-63H2,1-5H3/b10-8-,11-9-,16-14-,17-15-,22-20-,23-21-,28-26-,29-27-,37-34-,43-41-. The Labute approximate surface area is 472 Å². The topological polar surface area (TPSA) is 111 Å². The Hall–Kier alpha value is -4.31. The molecule has 0 amide bonds. The quantitative estimate of drug-likeness (QED) is 0.0195. The molecule has 0 heterocycles. The Balaban J connectivity index is 4.26. The number of carbonyl (C=O) groups is 3. The van der Waals surface area contributed by atoms with Gasteiger partial charge in [0.1, 0.15) is 13.2 Å². The monoisotopic (exact) mass is 1070 g/mol. The molecule has 0 aliphatic rings. The highest BCUT2D eigenvalue weighted by atomic mass is 16.7. The first-order valence-corrected chi connectivity index (χ1v) is 30.7. The second kappa shape index (κ2) is 57.9. The first-order valence-electron chi connectivity index (χ1n) is 30.7. The van der Waals surface area contributed by atoms with Gasteiger partial charge in [-0.3, -0.25) is 9.59 Å². The molecule has 0 fully saturated rings. The zero-order valence-electron chi connectivity index (χ0n) is 49.8. The first kappa shape index (κ1) is 72.7. The molecule has 0 aliphatic heterocycles. The van der Waals surface area contributed by atoms with Gasteiger partial charge in [-0.25, -0.2) is 0 Å². The van der Waals surface area contributed by atoms with Gasteiger partial charge in [0.2, 0.25) is 0 Å². The summed E-state index contributed by atoms with van der Waals surface area (Å²) < 4.78 is 22.7. The van der Waals surface area contributed by atoms with Crippen LogP contribution in [0.3, 0.4) is 0 Å². The molecule has 0 aromatic rings. The van der Waals surface area contributed by atoms with Gasteiger partial charge in [-0.1, -0.05) is 238 Å². The van der Waals surface area contributed by atoms with E-state index >= 15 is 0 Å². The Morgan fingerprint density at radius 3 is 1.04 bits per heavy atom. The number of carboxylic acid groups (broad SMARTS) is 1. The van der Waals surface area contributed by atoms with Crippen LogP contribution in [0.5, 0.6) is 0 Å². The highest BCUT2D eigenvalue weighted by Gasteiger charge is 2.22. The van der Waals surface area contributed by atoms with Crippen LogP contribution in [-0.2, 0) is 33.3 Å². The molecule has 2 atom stereocenters. The van der Waals surface area contributed by atoms with E-state index in [-0.39, 0.29) is 38.6 Å². The van der Waals surface area contributed by atoms with Crippen molar-refractivity contribution in [2.45, 2.75) is 245 Å². The molecular weight excluding hydrogens is 959 g/mol. The number of quaternary nitrogens is 1. The summed E-state index contributed by atoms with van der Waals surface area (Å²) in [5.74, 6) is -2.31. The molecule has 0 N–H and O–H groups in total. The lowest BCUT2D eigenvalue weighted by molar-refractivity contribution is -0.870. The molecular formula is C68H113NO8. The highest BCUT2D eigenvalue weighted by molar-refractivity contribution is 5.70. The van der Waals surface area contributed by atoms with E-state index < -0.39 is 24.3 Å². The molecule has 0 saturated heterocycles. The van der Waals surface area contributed by atoms with Crippen LogP contribution in [-0.4, -0.2) is 82.3 Å². The van der Waals surface area contributed by atoms with Gasteiger partial charge in [-0.05, 0) is 103 Å². The number of unbranched alkanes of at least 4 members (excludes halogenated alkanes) is 20. The molecule has 0 bridgehead atoms. The first-order chi connectivity index (χ1) is 37.6. The largest absolute Gasteiger partial charge is 0.545 e. The predicted octanol–water partition coefficient (Wildman–Crippen LogP) is 17.1. The van der Waals surface area contributed by atoms with Crippen LogP contribution in [0.4, 0.5) is 0 Å². The summed E-state index contributed by atoms with van der Waals surface area (Å²) in [6.07, 6.45) is 78.2. The molecule has 438 valence electrons. The number of rotatable bonds is 55. The van der Waals surface area contributed by atoms with Gasteiger partial charge < -0.3 is 33.3 Å². The fourth-order valence-electron chi connectivity index (χ4n) is 8.06. The maximum atomic E-state index is 12.9. The van der Waals surface area contributed by atoms with E-state index in [9.17, 15) is 19.5 Å². The summed E-state index contributed by atoms with van der Waals surface area (Å²) in [5, 5.41) is 11.8. The van der Waals surface area contributed by atoms with Gasteiger partial charge in [0.05, 0.1) is 40.3 Å². The lowest BCUT2D eigenvalue weighted by Crippen LogP contribution is -2.44. The van der Waals surface area contributed by atoms with Crippen LogP contribution in [0.25, 0.3) is 0 Å². The molecule has 0 aromatic heterocycles. The van der Waals surface area contributed by atoms with Crippen molar-refractivity contribution in [1.82, 2.24) is 0 Å². The summed E-state index contributed by atoms with van der Waals surface area (Å²) >= 11 is 0. The average molecular weight is 1070 g/mol. The summed E-state index contributed by atoms with van der Waals surface area (Å²) in [6.45, 7) is 4.50. The smallest absolute Gasteiger partial charge is 0.306 e. The van der Waals surface area contributed by atoms with E-state index in [1.165, 1.54) is 77.0 Å². The third-order valence-electron chi connectivity index (χ3n) is 12.7. The van der Waals surface area contributed by atoms with Gasteiger partial charge in [0, 0.05) is 12.8 Å². The van der Waals surface area contributed by atoms with Crippen molar-refractivity contribution in [2.75, 3.05) is 47.5 Å². The molecule has 77 heavy (non-hydrogen) atoms. The van der Waals surface area contributed by atoms with Crippen molar-refractivity contribution in [3.8, 4) is 0 Å². The zero-order chi connectivity index (χ0) is 56.2. The molecule has 2 unspecified atom stereocenters. The molecule has 9 nitrogen and oxygen atoms in total. The SMILES string of the molecule is CC/C=C\C/C=C\C/C=C\C/C=C\C/C=C\C/C=C\CCCCCCCCC(=O)OC(COC(=O)CCCCCCCCCCCCCCCC/C=C\C/C=C\C/C=C\C/C=C\CC)COC(OCC[N+](C)(C)C)C(=O)[O-]. The third kappa shape index (κ3) is 59.2. The van der Waals surface area contributed by atoms with E-state index in [1.807, 2.05) is 21.1 Å². The Kier molecular flexibility index (Phi) is 54.6. The zero-order valence-corrected chi connectivity index (χ0v) is 49.8. The molecule has 0 saturated carbocycles. The van der Waals surface area contributed by atoms with Gasteiger partial charge in [0.15, 0.2) is 12.4 Å². The van der Waals surface area contributed by atoms with Crippen LogP contribution in [0.1, 0.15) is 232 Å². The minimum absolute atomic E-state index is 0.138. The lowest BCUT2D eigenvalue weighted by atomic mass is 10.0. The average Bonchev–Trinajstić information content (AvgIpc) is 3.40. The van der Waals surface area contributed by atoms with Crippen molar-refractivity contribution < 1.29 is 42.9 Å². The van der Waals surface area contributed by atoms with E-state index in [2.05, 4.69) is 135 Å². The van der Waals surface area contributed by atoms with E-state index in [0.29, 0.717) is 17.4 Å². The van der Waals surface area contributed by atoms with Crippen LogP contribution >= 0.6 is 0 Å².